The number of fused-ring (bicyclic) bond motifs is 1. The van der Waals surface area contributed by atoms with E-state index < -0.39 is 6.09 Å². The van der Waals surface area contributed by atoms with Gasteiger partial charge in [0.1, 0.15) is 11.5 Å². The van der Waals surface area contributed by atoms with E-state index in [0.29, 0.717) is 44.6 Å². The average Bonchev–Trinajstić information content (AvgIpc) is 3.05. The Labute approximate surface area is 260 Å². The number of carboxylic acid groups (broad SMARTS) is 1. The summed E-state index contributed by atoms with van der Waals surface area (Å²) in [7, 11) is 1.65. The van der Waals surface area contributed by atoms with Gasteiger partial charge in [-0.3, -0.25) is 4.79 Å². The van der Waals surface area contributed by atoms with Gasteiger partial charge in [0.05, 0.1) is 44.3 Å². The van der Waals surface area contributed by atoms with Gasteiger partial charge in [0.25, 0.3) is 5.91 Å². The number of hydrogen-bond donors (Lipinski definition) is 1. The molecule has 2 amide bonds. The summed E-state index contributed by atoms with van der Waals surface area (Å²) >= 11 is 0. The number of carbonyl (C=O) groups is 2. The van der Waals surface area contributed by atoms with Crippen molar-refractivity contribution in [3.05, 3.63) is 53.6 Å². The standard InChI is InChI=1S/C34H46N2O8/c1-40-18-5-16-36-30-21-25(9-14-31(30)44-24-33(36)37)23-43-32-22-35(34(38)39)17-15-29(32)26-10-12-28(13-11-26)42-20-6-19-41-27-7-3-2-4-8-27/h9-14,21,27,29,32H,2-8,15-20,22-24H2,1H3,(H,38,39). The van der Waals surface area contributed by atoms with Crippen LogP contribution < -0.4 is 14.4 Å². The SMILES string of the molecule is COCCCN1C(=O)COc2ccc(COC3CN(C(=O)O)CCC3c3ccc(OCCCOC4CCCCC4)cc3)cc21. The predicted molar refractivity (Wildman–Crippen MR) is 166 cm³/mol. The van der Waals surface area contributed by atoms with Crippen LogP contribution in [0.5, 0.6) is 11.5 Å². The Morgan fingerprint density at radius 3 is 2.57 bits per heavy atom. The van der Waals surface area contributed by atoms with Crippen molar-refractivity contribution >= 4 is 17.7 Å². The highest BCUT2D eigenvalue weighted by Crippen LogP contribution is 2.35. The number of rotatable bonds is 14. The van der Waals surface area contributed by atoms with Crippen molar-refractivity contribution in [2.24, 2.45) is 0 Å². The molecule has 1 N–H and O–H groups in total. The summed E-state index contributed by atoms with van der Waals surface area (Å²) in [4.78, 5) is 27.6. The average molecular weight is 611 g/mol. The molecule has 0 bridgehead atoms. The summed E-state index contributed by atoms with van der Waals surface area (Å²) < 4.78 is 29.2. The number of likely N-dealkylation sites (tertiary alicyclic amines) is 1. The third-order valence-electron chi connectivity index (χ3n) is 8.76. The van der Waals surface area contributed by atoms with Gasteiger partial charge in [0.15, 0.2) is 6.61 Å². The molecule has 2 aliphatic heterocycles. The number of ether oxygens (including phenoxy) is 5. The number of benzene rings is 2. The smallest absolute Gasteiger partial charge is 0.407 e. The molecule has 0 aromatic heterocycles. The first-order valence-corrected chi connectivity index (χ1v) is 16.0. The number of carbonyl (C=O) groups excluding carboxylic acids is 1. The van der Waals surface area contributed by atoms with Crippen molar-refractivity contribution in [1.29, 1.82) is 0 Å². The van der Waals surface area contributed by atoms with Gasteiger partial charge in [-0.15, -0.1) is 0 Å². The second kappa shape index (κ2) is 16.1. The van der Waals surface area contributed by atoms with Crippen molar-refractivity contribution in [2.75, 3.05) is 58.1 Å². The lowest BCUT2D eigenvalue weighted by Crippen LogP contribution is -2.46. The lowest BCUT2D eigenvalue weighted by Gasteiger charge is -2.37. The van der Waals surface area contributed by atoms with Crippen LogP contribution in [0.3, 0.4) is 0 Å². The Kier molecular flexibility index (Phi) is 11.7. The van der Waals surface area contributed by atoms with E-state index >= 15 is 0 Å². The van der Waals surface area contributed by atoms with Crippen molar-refractivity contribution in [2.45, 2.75) is 76.1 Å². The Morgan fingerprint density at radius 1 is 0.977 bits per heavy atom. The first-order valence-electron chi connectivity index (χ1n) is 16.0. The molecule has 3 aliphatic rings. The molecule has 1 saturated carbocycles. The lowest BCUT2D eigenvalue weighted by atomic mass is 9.87. The quantitative estimate of drug-likeness (QED) is 0.275. The highest BCUT2D eigenvalue weighted by Gasteiger charge is 2.33. The highest BCUT2D eigenvalue weighted by atomic mass is 16.5. The van der Waals surface area contributed by atoms with Gasteiger partial charge in [-0.05, 0) is 61.1 Å². The van der Waals surface area contributed by atoms with Gasteiger partial charge in [-0.25, -0.2) is 4.79 Å². The zero-order valence-corrected chi connectivity index (χ0v) is 25.8. The number of piperidine rings is 1. The topological polar surface area (TPSA) is 107 Å². The molecule has 10 heteroatoms. The third-order valence-corrected chi connectivity index (χ3v) is 8.76. The van der Waals surface area contributed by atoms with Crippen LogP contribution in [0.25, 0.3) is 0 Å². The van der Waals surface area contributed by atoms with Crippen LogP contribution in [-0.4, -0.2) is 87.4 Å². The Balaban J connectivity index is 1.18. The van der Waals surface area contributed by atoms with E-state index in [1.54, 1.807) is 12.0 Å². The van der Waals surface area contributed by atoms with Crippen LogP contribution in [0.2, 0.25) is 0 Å². The molecule has 1 aliphatic carbocycles. The summed E-state index contributed by atoms with van der Waals surface area (Å²) in [5.41, 5.74) is 2.71. The van der Waals surface area contributed by atoms with E-state index in [-0.39, 0.29) is 37.7 Å². The fraction of sp³-hybridized carbons (Fsp3) is 0.588. The fourth-order valence-corrected chi connectivity index (χ4v) is 6.34. The summed E-state index contributed by atoms with van der Waals surface area (Å²) in [6.07, 6.45) is 7.61. The summed E-state index contributed by atoms with van der Waals surface area (Å²) in [5.74, 6) is 1.43. The van der Waals surface area contributed by atoms with E-state index in [1.165, 1.54) is 37.0 Å². The Hall–Kier alpha value is -3.34. The van der Waals surface area contributed by atoms with E-state index in [0.717, 1.165) is 42.0 Å². The molecule has 2 heterocycles. The van der Waals surface area contributed by atoms with Crippen LogP contribution in [0.15, 0.2) is 42.5 Å². The largest absolute Gasteiger partial charge is 0.494 e. The van der Waals surface area contributed by atoms with Gasteiger partial charge in [0, 0.05) is 39.1 Å². The molecule has 1 saturated heterocycles. The molecule has 240 valence electrons. The van der Waals surface area contributed by atoms with Crippen LogP contribution in [0.1, 0.15) is 68.4 Å². The minimum Gasteiger partial charge on any atom is -0.494 e. The fourth-order valence-electron chi connectivity index (χ4n) is 6.34. The maximum absolute atomic E-state index is 12.6. The van der Waals surface area contributed by atoms with Gasteiger partial charge >= 0.3 is 6.09 Å². The van der Waals surface area contributed by atoms with E-state index in [2.05, 4.69) is 12.1 Å². The minimum absolute atomic E-state index is 0.0171. The second-order valence-electron chi connectivity index (χ2n) is 11.9. The normalized spacial score (nSPS) is 20.7. The van der Waals surface area contributed by atoms with Crippen LogP contribution in [0, 0.1) is 0 Å². The summed E-state index contributed by atoms with van der Waals surface area (Å²) in [6, 6.07) is 13.8. The molecule has 2 atom stereocenters. The molecule has 2 fully saturated rings. The predicted octanol–water partition coefficient (Wildman–Crippen LogP) is 5.62. The van der Waals surface area contributed by atoms with Gasteiger partial charge in [-0.2, -0.15) is 0 Å². The third kappa shape index (κ3) is 8.64. The van der Waals surface area contributed by atoms with E-state index in [9.17, 15) is 14.7 Å². The zero-order chi connectivity index (χ0) is 30.7. The number of anilines is 1. The lowest BCUT2D eigenvalue weighted by molar-refractivity contribution is -0.121. The minimum atomic E-state index is -0.940. The summed E-state index contributed by atoms with van der Waals surface area (Å²) in [5, 5.41) is 9.69. The van der Waals surface area contributed by atoms with Crippen molar-refractivity contribution in [1.82, 2.24) is 4.90 Å². The van der Waals surface area contributed by atoms with E-state index in [1.807, 2.05) is 30.3 Å². The van der Waals surface area contributed by atoms with Gasteiger partial charge < -0.3 is 38.6 Å². The molecule has 10 nitrogen and oxygen atoms in total. The molecular formula is C34H46N2O8. The number of nitrogens with zero attached hydrogens (tertiary/aromatic N) is 2. The molecule has 2 aromatic rings. The Morgan fingerprint density at radius 2 is 1.80 bits per heavy atom. The van der Waals surface area contributed by atoms with Gasteiger partial charge in [-0.1, -0.05) is 37.5 Å². The van der Waals surface area contributed by atoms with Crippen molar-refractivity contribution in [3.63, 3.8) is 0 Å². The molecule has 2 aromatic carbocycles. The first-order chi connectivity index (χ1) is 21.5. The van der Waals surface area contributed by atoms with Crippen molar-refractivity contribution < 1.29 is 38.4 Å². The second-order valence-corrected chi connectivity index (χ2v) is 11.9. The maximum Gasteiger partial charge on any atom is 0.407 e. The van der Waals surface area contributed by atoms with Crippen LogP contribution >= 0.6 is 0 Å². The van der Waals surface area contributed by atoms with Crippen LogP contribution in [-0.2, 0) is 25.6 Å². The zero-order valence-electron chi connectivity index (χ0n) is 25.8. The molecule has 44 heavy (non-hydrogen) atoms. The van der Waals surface area contributed by atoms with E-state index in [4.69, 9.17) is 23.7 Å². The first kappa shape index (κ1) is 32.1. The Bertz CT molecular complexity index is 1220. The molecule has 0 spiro atoms. The van der Waals surface area contributed by atoms with Crippen molar-refractivity contribution in [3.8, 4) is 11.5 Å². The highest BCUT2D eigenvalue weighted by molar-refractivity contribution is 5.97. The number of hydrogen-bond acceptors (Lipinski definition) is 7. The number of methoxy groups -OCH3 is 1. The molecule has 2 unspecified atom stereocenters. The summed E-state index contributed by atoms with van der Waals surface area (Å²) in [6.45, 7) is 3.48. The maximum atomic E-state index is 12.6. The molecule has 5 rings (SSSR count). The van der Waals surface area contributed by atoms with Gasteiger partial charge in [0.2, 0.25) is 0 Å². The number of amides is 2. The molecular weight excluding hydrogens is 564 g/mol. The van der Waals surface area contributed by atoms with Crippen LogP contribution in [0.4, 0.5) is 10.5 Å². The molecule has 0 radical (unpaired) electrons. The monoisotopic (exact) mass is 610 g/mol.